The zero-order chi connectivity index (χ0) is 18.4. The van der Waals surface area contributed by atoms with Gasteiger partial charge in [0.25, 0.3) is 5.91 Å². The quantitative estimate of drug-likeness (QED) is 0.758. The number of likely N-dealkylation sites (N-methyl/N-ethyl adjacent to an activating group) is 1. The summed E-state index contributed by atoms with van der Waals surface area (Å²) in [5.41, 5.74) is 3.11. The molecule has 136 valence electrons. The summed E-state index contributed by atoms with van der Waals surface area (Å²) >= 11 is 0. The first-order valence-corrected chi connectivity index (χ1v) is 8.91. The minimum atomic E-state index is -0.285. The van der Waals surface area contributed by atoms with E-state index < -0.39 is 0 Å². The average molecular weight is 347 g/mol. The third kappa shape index (κ3) is 4.66. The van der Waals surface area contributed by atoms with Crippen LogP contribution >= 0.6 is 0 Å². The number of carbonyl (C=O) groups excluding carboxylic acids is 1. The highest BCUT2D eigenvalue weighted by molar-refractivity contribution is 5.96. The number of amides is 1. The molecule has 25 heavy (non-hydrogen) atoms. The standard InChI is InChI=1S/C19H27FN4O/c1-5-7-16-18(19(25)21-12-13-23(3)4)17(6-2)24(22-16)15-10-8-14(20)9-11-15/h8-11H,5-7,12-13H2,1-4H3,(H,21,25)/p+1. The Hall–Kier alpha value is -2.21. The molecule has 2 aromatic rings. The molecular weight excluding hydrogens is 319 g/mol. The largest absolute Gasteiger partial charge is 0.346 e. The number of rotatable bonds is 8. The number of halogens is 1. The van der Waals surface area contributed by atoms with Gasteiger partial charge in [0.2, 0.25) is 0 Å². The van der Waals surface area contributed by atoms with Crippen molar-refractivity contribution in [1.82, 2.24) is 15.1 Å². The maximum Gasteiger partial charge on any atom is 0.255 e. The van der Waals surface area contributed by atoms with Crippen LogP contribution in [0.3, 0.4) is 0 Å². The summed E-state index contributed by atoms with van der Waals surface area (Å²) < 4.78 is 15.0. The Labute approximate surface area is 148 Å². The van der Waals surface area contributed by atoms with Crippen LogP contribution in [0.5, 0.6) is 0 Å². The summed E-state index contributed by atoms with van der Waals surface area (Å²) in [6.45, 7) is 5.56. The molecule has 2 rings (SSSR count). The zero-order valence-electron chi connectivity index (χ0n) is 15.5. The minimum Gasteiger partial charge on any atom is -0.346 e. The highest BCUT2D eigenvalue weighted by Gasteiger charge is 2.23. The van der Waals surface area contributed by atoms with E-state index in [-0.39, 0.29) is 11.7 Å². The van der Waals surface area contributed by atoms with Crippen molar-refractivity contribution in [2.75, 3.05) is 27.2 Å². The van der Waals surface area contributed by atoms with Crippen molar-refractivity contribution in [3.8, 4) is 5.69 Å². The highest BCUT2D eigenvalue weighted by Crippen LogP contribution is 2.21. The van der Waals surface area contributed by atoms with Crippen LogP contribution in [-0.4, -0.2) is 42.9 Å². The fourth-order valence-corrected chi connectivity index (χ4v) is 2.81. The summed E-state index contributed by atoms with van der Waals surface area (Å²) in [6.07, 6.45) is 2.32. The summed E-state index contributed by atoms with van der Waals surface area (Å²) in [5.74, 6) is -0.359. The first-order valence-electron chi connectivity index (χ1n) is 8.91. The van der Waals surface area contributed by atoms with Crippen LogP contribution in [0.2, 0.25) is 0 Å². The molecule has 1 heterocycles. The van der Waals surface area contributed by atoms with Crippen LogP contribution in [0.25, 0.3) is 5.69 Å². The molecule has 0 aliphatic carbocycles. The lowest BCUT2D eigenvalue weighted by molar-refractivity contribution is -0.856. The minimum absolute atomic E-state index is 0.0742. The summed E-state index contributed by atoms with van der Waals surface area (Å²) in [4.78, 5) is 14.1. The van der Waals surface area contributed by atoms with E-state index in [9.17, 15) is 9.18 Å². The van der Waals surface area contributed by atoms with E-state index in [1.54, 1.807) is 16.8 Å². The van der Waals surface area contributed by atoms with Gasteiger partial charge in [-0.3, -0.25) is 4.79 Å². The molecule has 6 heteroatoms. The van der Waals surface area contributed by atoms with Gasteiger partial charge < -0.3 is 10.2 Å². The number of nitrogens with one attached hydrogen (secondary N) is 2. The molecule has 0 radical (unpaired) electrons. The Bertz CT molecular complexity index is 707. The van der Waals surface area contributed by atoms with Crippen molar-refractivity contribution in [3.63, 3.8) is 0 Å². The van der Waals surface area contributed by atoms with Gasteiger partial charge >= 0.3 is 0 Å². The van der Waals surface area contributed by atoms with Crippen molar-refractivity contribution in [1.29, 1.82) is 0 Å². The van der Waals surface area contributed by atoms with Crippen LogP contribution in [0.4, 0.5) is 4.39 Å². The Morgan fingerprint density at radius 3 is 2.48 bits per heavy atom. The highest BCUT2D eigenvalue weighted by atomic mass is 19.1. The zero-order valence-corrected chi connectivity index (χ0v) is 15.5. The van der Waals surface area contributed by atoms with Gasteiger partial charge in [-0.25, -0.2) is 9.07 Å². The molecule has 0 atom stereocenters. The maximum absolute atomic E-state index is 13.2. The summed E-state index contributed by atoms with van der Waals surface area (Å²) in [7, 11) is 4.11. The lowest BCUT2D eigenvalue weighted by Crippen LogP contribution is -3.06. The second-order valence-electron chi connectivity index (χ2n) is 6.47. The van der Waals surface area contributed by atoms with Crippen molar-refractivity contribution in [2.24, 2.45) is 0 Å². The number of benzene rings is 1. The number of aryl methyl sites for hydroxylation is 1. The molecule has 1 amide bonds. The maximum atomic E-state index is 13.2. The van der Waals surface area contributed by atoms with Gasteiger partial charge in [-0.1, -0.05) is 20.3 Å². The molecule has 0 aliphatic heterocycles. The Kier molecular flexibility index (Phi) is 6.70. The second kappa shape index (κ2) is 8.76. The van der Waals surface area contributed by atoms with E-state index in [1.807, 2.05) is 6.92 Å². The fraction of sp³-hybridized carbons (Fsp3) is 0.474. The van der Waals surface area contributed by atoms with E-state index in [0.29, 0.717) is 18.5 Å². The van der Waals surface area contributed by atoms with Crippen LogP contribution in [0.15, 0.2) is 24.3 Å². The summed E-state index contributed by atoms with van der Waals surface area (Å²) in [5, 5.41) is 7.67. The SMILES string of the molecule is CCCc1nn(-c2ccc(F)cc2)c(CC)c1C(=O)NCC[NH+](C)C. The van der Waals surface area contributed by atoms with Gasteiger partial charge in [-0.2, -0.15) is 5.10 Å². The normalized spacial score (nSPS) is 11.1. The van der Waals surface area contributed by atoms with Crippen LogP contribution in [-0.2, 0) is 12.8 Å². The second-order valence-corrected chi connectivity index (χ2v) is 6.47. The smallest absolute Gasteiger partial charge is 0.255 e. The van der Waals surface area contributed by atoms with Crippen LogP contribution in [0.1, 0.15) is 42.0 Å². The van der Waals surface area contributed by atoms with Gasteiger partial charge in [0.15, 0.2) is 0 Å². The van der Waals surface area contributed by atoms with Crippen LogP contribution < -0.4 is 10.2 Å². The topological polar surface area (TPSA) is 51.4 Å². The molecule has 0 unspecified atom stereocenters. The molecule has 1 aromatic carbocycles. The first-order chi connectivity index (χ1) is 12.0. The summed E-state index contributed by atoms with van der Waals surface area (Å²) in [6, 6.07) is 6.20. The number of nitrogens with zero attached hydrogens (tertiary/aromatic N) is 2. The predicted octanol–water partition coefficient (Wildman–Crippen LogP) is 1.40. The monoisotopic (exact) mass is 347 g/mol. The molecule has 0 fully saturated rings. The first kappa shape index (κ1) is 19.1. The van der Waals surface area contributed by atoms with Crippen molar-refractivity contribution in [3.05, 3.63) is 47.0 Å². The molecular formula is C19H28FN4O+. The third-order valence-corrected chi connectivity index (χ3v) is 4.08. The lowest BCUT2D eigenvalue weighted by atomic mass is 10.1. The molecule has 2 N–H and O–H groups in total. The van der Waals surface area contributed by atoms with E-state index in [1.165, 1.54) is 17.0 Å². The lowest BCUT2D eigenvalue weighted by Gasteiger charge is -2.10. The van der Waals surface area contributed by atoms with E-state index in [4.69, 9.17) is 0 Å². The number of carbonyl (C=O) groups is 1. The molecule has 0 bridgehead atoms. The fourth-order valence-electron chi connectivity index (χ4n) is 2.81. The molecule has 0 saturated heterocycles. The number of aromatic nitrogens is 2. The molecule has 5 nitrogen and oxygen atoms in total. The van der Waals surface area contributed by atoms with E-state index in [0.717, 1.165) is 36.5 Å². The Morgan fingerprint density at radius 2 is 1.92 bits per heavy atom. The van der Waals surface area contributed by atoms with Gasteiger partial charge in [0.1, 0.15) is 5.82 Å². The van der Waals surface area contributed by atoms with Crippen LogP contribution in [0, 0.1) is 5.82 Å². The van der Waals surface area contributed by atoms with Gasteiger partial charge in [0.05, 0.1) is 49.8 Å². The molecule has 0 saturated carbocycles. The van der Waals surface area contributed by atoms with E-state index >= 15 is 0 Å². The average Bonchev–Trinajstić information content (AvgIpc) is 2.94. The van der Waals surface area contributed by atoms with Gasteiger partial charge in [0, 0.05) is 0 Å². The molecule has 1 aromatic heterocycles. The van der Waals surface area contributed by atoms with Crippen molar-refractivity contribution < 1.29 is 14.1 Å². The van der Waals surface area contributed by atoms with E-state index in [2.05, 4.69) is 31.4 Å². The van der Waals surface area contributed by atoms with Gasteiger partial charge in [-0.05, 0) is 37.1 Å². The third-order valence-electron chi connectivity index (χ3n) is 4.08. The Balaban J connectivity index is 2.39. The van der Waals surface area contributed by atoms with Gasteiger partial charge in [-0.15, -0.1) is 0 Å². The number of hydrogen-bond donors (Lipinski definition) is 2. The predicted molar refractivity (Wildman–Crippen MR) is 96.9 cm³/mol. The van der Waals surface area contributed by atoms with Crippen molar-refractivity contribution in [2.45, 2.75) is 33.1 Å². The number of quaternary nitrogens is 1. The molecule has 0 aliphatic rings. The Morgan fingerprint density at radius 1 is 1.24 bits per heavy atom. The number of hydrogen-bond acceptors (Lipinski definition) is 2. The molecule has 0 spiro atoms. The van der Waals surface area contributed by atoms with Crippen molar-refractivity contribution >= 4 is 5.91 Å².